The zero-order chi connectivity index (χ0) is 43.7. The van der Waals surface area contributed by atoms with Crippen LogP contribution in [0, 0.1) is 0 Å². The third-order valence-electron chi connectivity index (χ3n) is 10.4. The van der Waals surface area contributed by atoms with Gasteiger partial charge in [-0.1, -0.05) is 203 Å². The molecule has 0 saturated carbocycles. The van der Waals surface area contributed by atoms with E-state index >= 15 is 0 Å². The average Bonchev–Trinajstić information content (AvgIpc) is 3.24. The first-order chi connectivity index (χ1) is 29.5. The lowest BCUT2D eigenvalue weighted by Gasteiger charge is -2.18. The third kappa shape index (κ3) is 45.9. The predicted octanol–water partition coefficient (Wildman–Crippen LogP) is 16.3. The van der Waals surface area contributed by atoms with Crippen molar-refractivity contribution < 1.29 is 28.6 Å². The lowest BCUT2D eigenvalue weighted by atomic mass is 10.0. The summed E-state index contributed by atoms with van der Waals surface area (Å²) in [4.78, 5) is 37.9. The quantitative estimate of drug-likeness (QED) is 0.0263. The summed E-state index contributed by atoms with van der Waals surface area (Å²) in [5.74, 6) is -0.975. The highest BCUT2D eigenvalue weighted by atomic mass is 16.6. The van der Waals surface area contributed by atoms with Gasteiger partial charge >= 0.3 is 17.9 Å². The Morgan fingerprint density at radius 2 is 0.667 bits per heavy atom. The van der Waals surface area contributed by atoms with Gasteiger partial charge in [0.2, 0.25) is 0 Å². The summed E-state index contributed by atoms with van der Waals surface area (Å²) < 4.78 is 16.7. The first kappa shape index (κ1) is 56.9. The third-order valence-corrected chi connectivity index (χ3v) is 10.4. The van der Waals surface area contributed by atoms with Gasteiger partial charge in [0.25, 0.3) is 0 Å². The van der Waals surface area contributed by atoms with Gasteiger partial charge in [-0.05, 0) is 83.5 Å². The van der Waals surface area contributed by atoms with Gasteiger partial charge in [-0.25, -0.2) is 0 Å². The SMILES string of the molecule is CC/C=C\C/C=C\C/C=C\C/C=C\C/C=C\CCCC(=O)OCC(COC(=O)CCCCCCCCCCCCCC)OC(=O)CCCCC/C=C\CCCCCCCC. The molecule has 0 heterocycles. The maximum atomic E-state index is 12.8. The molecule has 0 bridgehead atoms. The second-order valence-corrected chi connectivity index (χ2v) is 16.3. The van der Waals surface area contributed by atoms with Crippen LogP contribution in [0.25, 0.3) is 0 Å². The summed E-state index contributed by atoms with van der Waals surface area (Å²) in [6.07, 6.45) is 60.3. The molecular formula is C54H92O6. The van der Waals surface area contributed by atoms with E-state index in [2.05, 4.69) is 93.7 Å². The second-order valence-electron chi connectivity index (χ2n) is 16.3. The fourth-order valence-corrected chi connectivity index (χ4v) is 6.71. The van der Waals surface area contributed by atoms with Gasteiger partial charge in [0.1, 0.15) is 13.2 Å². The minimum absolute atomic E-state index is 0.0977. The number of ether oxygens (including phenoxy) is 3. The van der Waals surface area contributed by atoms with E-state index < -0.39 is 6.10 Å². The molecule has 0 rings (SSSR count). The molecule has 0 aromatic rings. The van der Waals surface area contributed by atoms with E-state index in [-0.39, 0.29) is 37.5 Å². The van der Waals surface area contributed by atoms with Crippen molar-refractivity contribution in [2.24, 2.45) is 0 Å². The molecule has 6 heteroatoms. The van der Waals surface area contributed by atoms with E-state index in [0.29, 0.717) is 19.3 Å². The molecule has 0 N–H and O–H groups in total. The monoisotopic (exact) mass is 837 g/mol. The Labute approximate surface area is 370 Å². The van der Waals surface area contributed by atoms with E-state index in [1.807, 2.05) is 0 Å². The summed E-state index contributed by atoms with van der Waals surface area (Å²) in [5.41, 5.74) is 0. The fourth-order valence-electron chi connectivity index (χ4n) is 6.71. The fraction of sp³-hybridized carbons (Fsp3) is 0.722. The molecule has 0 amide bonds. The first-order valence-corrected chi connectivity index (χ1v) is 24.9. The van der Waals surface area contributed by atoms with Gasteiger partial charge in [-0.3, -0.25) is 14.4 Å². The molecule has 0 aromatic carbocycles. The lowest BCUT2D eigenvalue weighted by molar-refractivity contribution is -0.167. The Morgan fingerprint density at radius 1 is 0.350 bits per heavy atom. The molecule has 0 aromatic heterocycles. The maximum Gasteiger partial charge on any atom is 0.306 e. The Morgan fingerprint density at radius 3 is 1.12 bits per heavy atom. The number of hydrogen-bond acceptors (Lipinski definition) is 6. The highest BCUT2D eigenvalue weighted by Gasteiger charge is 2.19. The molecule has 6 nitrogen and oxygen atoms in total. The van der Waals surface area contributed by atoms with Crippen LogP contribution < -0.4 is 0 Å². The van der Waals surface area contributed by atoms with Crippen LogP contribution in [0.15, 0.2) is 72.9 Å². The van der Waals surface area contributed by atoms with Crippen LogP contribution in [0.2, 0.25) is 0 Å². The zero-order valence-corrected chi connectivity index (χ0v) is 39.2. The Bertz CT molecular complexity index is 1140. The van der Waals surface area contributed by atoms with Crippen LogP contribution in [-0.2, 0) is 28.6 Å². The van der Waals surface area contributed by atoms with Gasteiger partial charge < -0.3 is 14.2 Å². The number of hydrogen-bond donors (Lipinski definition) is 0. The highest BCUT2D eigenvalue weighted by Crippen LogP contribution is 2.14. The Balaban J connectivity index is 4.48. The topological polar surface area (TPSA) is 78.9 Å². The molecule has 0 fully saturated rings. The normalized spacial score (nSPS) is 12.7. The summed E-state index contributed by atoms with van der Waals surface area (Å²) >= 11 is 0. The smallest absolute Gasteiger partial charge is 0.306 e. The molecule has 0 saturated heterocycles. The largest absolute Gasteiger partial charge is 0.462 e. The van der Waals surface area contributed by atoms with Crippen molar-refractivity contribution >= 4 is 17.9 Å². The van der Waals surface area contributed by atoms with Crippen LogP contribution in [0.1, 0.15) is 233 Å². The van der Waals surface area contributed by atoms with Gasteiger partial charge in [0.05, 0.1) is 0 Å². The van der Waals surface area contributed by atoms with Gasteiger partial charge in [-0.2, -0.15) is 0 Å². The van der Waals surface area contributed by atoms with Crippen molar-refractivity contribution in [3.8, 4) is 0 Å². The number of unbranched alkanes of at least 4 members (excludes halogenated alkanes) is 21. The molecular weight excluding hydrogens is 745 g/mol. The Hall–Kier alpha value is -3.15. The minimum Gasteiger partial charge on any atom is -0.462 e. The molecule has 0 aliphatic rings. The van der Waals surface area contributed by atoms with E-state index in [1.54, 1.807) is 0 Å². The van der Waals surface area contributed by atoms with Gasteiger partial charge in [-0.15, -0.1) is 0 Å². The first-order valence-electron chi connectivity index (χ1n) is 24.9. The average molecular weight is 837 g/mol. The number of allylic oxidation sites excluding steroid dienone is 12. The second kappa shape index (κ2) is 48.5. The van der Waals surface area contributed by atoms with Gasteiger partial charge in [0, 0.05) is 19.3 Å². The van der Waals surface area contributed by atoms with Crippen molar-refractivity contribution in [3.63, 3.8) is 0 Å². The maximum absolute atomic E-state index is 12.8. The molecule has 0 aliphatic carbocycles. The van der Waals surface area contributed by atoms with E-state index in [9.17, 15) is 14.4 Å². The highest BCUT2D eigenvalue weighted by molar-refractivity contribution is 5.71. The number of esters is 3. The number of rotatable bonds is 44. The van der Waals surface area contributed by atoms with Crippen LogP contribution >= 0.6 is 0 Å². The number of carbonyl (C=O) groups is 3. The Kier molecular flexibility index (Phi) is 46.0. The minimum atomic E-state index is -0.803. The summed E-state index contributed by atoms with van der Waals surface area (Å²) in [7, 11) is 0. The van der Waals surface area contributed by atoms with Crippen molar-refractivity contribution in [1.29, 1.82) is 0 Å². The standard InChI is InChI=1S/C54H92O6/c1-4-7-10-13-16-19-22-25-26-27-28-30-32-35-38-41-44-47-53(56)59-50-51(49-58-52(55)46-43-40-37-34-31-24-21-18-15-12-9-6-3)60-54(57)48-45-42-39-36-33-29-23-20-17-14-11-8-5-2/h7,10,16,19,25-26,28-30,33,35,38,51H,4-6,8-9,11-15,17-18,20-24,27,31-32,34,36-37,39-50H2,1-3H3/b10-7-,19-16-,26-25-,30-28-,33-29-,38-35-. The van der Waals surface area contributed by atoms with E-state index in [1.165, 1.54) is 96.3 Å². The van der Waals surface area contributed by atoms with Crippen LogP contribution in [0.4, 0.5) is 0 Å². The summed E-state index contributed by atoms with van der Waals surface area (Å²) in [5, 5.41) is 0. The van der Waals surface area contributed by atoms with Crippen LogP contribution in [0.5, 0.6) is 0 Å². The zero-order valence-electron chi connectivity index (χ0n) is 39.2. The van der Waals surface area contributed by atoms with Crippen molar-refractivity contribution in [2.45, 2.75) is 239 Å². The summed E-state index contributed by atoms with van der Waals surface area (Å²) in [6, 6.07) is 0. The number of carbonyl (C=O) groups excluding carboxylic acids is 3. The molecule has 1 unspecified atom stereocenters. The van der Waals surface area contributed by atoms with E-state index in [4.69, 9.17) is 14.2 Å². The predicted molar refractivity (Wildman–Crippen MR) is 256 cm³/mol. The molecule has 0 spiro atoms. The summed E-state index contributed by atoms with van der Waals surface area (Å²) in [6.45, 7) is 6.45. The molecule has 0 radical (unpaired) electrons. The van der Waals surface area contributed by atoms with Crippen LogP contribution in [-0.4, -0.2) is 37.2 Å². The van der Waals surface area contributed by atoms with E-state index in [0.717, 1.165) is 89.9 Å². The van der Waals surface area contributed by atoms with Crippen molar-refractivity contribution in [3.05, 3.63) is 72.9 Å². The van der Waals surface area contributed by atoms with Gasteiger partial charge in [0.15, 0.2) is 6.10 Å². The molecule has 1 atom stereocenters. The lowest BCUT2D eigenvalue weighted by Crippen LogP contribution is -2.30. The van der Waals surface area contributed by atoms with Crippen molar-refractivity contribution in [2.75, 3.05) is 13.2 Å². The molecule has 344 valence electrons. The molecule has 0 aliphatic heterocycles. The van der Waals surface area contributed by atoms with Crippen LogP contribution in [0.3, 0.4) is 0 Å². The van der Waals surface area contributed by atoms with Crippen molar-refractivity contribution in [1.82, 2.24) is 0 Å². The molecule has 60 heavy (non-hydrogen) atoms.